The van der Waals surface area contributed by atoms with Crippen molar-refractivity contribution in [3.8, 4) is 11.6 Å². The number of carbonyl (C=O) groups is 1. The number of hydrogen-bond donors (Lipinski definition) is 1. The summed E-state index contributed by atoms with van der Waals surface area (Å²) in [6.07, 6.45) is 3.57. The van der Waals surface area contributed by atoms with Crippen LogP contribution in [0, 0.1) is 5.92 Å². The molecule has 1 amide bonds. The van der Waals surface area contributed by atoms with Gasteiger partial charge in [-0.2, -0.15) is 0 Å². The number of nitrogens with one attached hydrogen (secondary N) is 1. The van der Waals surface area contributed by atoms with E-state index in [4.69, 9.17) is 14.2 Å². The first kappa shape index (κ1) is 18.2. The molecule has 1 aromatic heterocycles. The molecule has 1 fully saturated rings. The fourth-order valence-corrected chi connectivity index (χ4v) is 2.84. The second-order valence-corrected chi connectivity index (χ2v) is 6.25. The lowest BCUT2D eigenvalue weighted by Gasteiger charge is -2.21. The van der Waals surface area contributed by atoms with Gasteiger partial charge in [0.15, 0.2) is 0 Å². The smallest absolute Gasteiger partial charge is 0.253 e. The quantitative estimate of drug-likeness (QED) is 0.826. The molecule has 0 radical (unpaired) electrons. The molecule has 0 bridgehead atoms. The lowest BCUT2D eigenvalue weighted by atomic mass is 10.0. The highest BCUT2D eigenvalue weighted by Gasteiger charge is 2.15. The largest absolute Gasteiger partial charge is 0.496 e. The van der Waals surface area contributed by atoms with Gasteiger partial charge in [0, 0.05) is 37.6 Å². The van der Waals surface area contributed by atoms with Crippen molar-refractivity contribution in [3.05, 3.63) is 53.7 Å². The highest BCUT2D eigenvalue weighted by atomic mass is 16.5. The predicted octanol–water partition coefficient (Wildman–Crippen LogP) is 2.83. The van der Waals surface area contributed by atoms with Crippen LogP contribution in [0.2, 0.25) is 0 Å². The molecule has 6 nitrogen and oxygen atoms in total. The van der Waals surface area contributed by atoms with E-state index in [2.05, 4.69) is 10.3 Å². The molecular weight excluding hydrogens is 332 g/mol. The molecule has 1 saturated heterocycles. The van der Waals surface area contributed by atoms with Crippen molar-refractivity contribution < 1.29 is 19.0 Å². The zero-order valence-electron chi connectivity index (χ0n) is 14.9. The Kier molecular flexibility index (Phi) is 6.44. The minimum Gasteiger partial charge on any atom is -0.496 e. The Balaban J connectivity index is 1.50. The fraction of sp³-hybridized carbons (Fsp3) is 0.400. The maximum absolute atomic E-state index is 12.3. The molecule has 6 heteroatoms. The van der Waals surface area contributed by atoms with Crippen LogP contribution in [-0.4, -0.2) is 37.8 Å². The maximum Gasteiger partial charge on any atom is 0.253 e. The molecule has 0 aliphatic carbocycles. The average Bonchev–Trinajstić information content (AvgIpc) is 2.72. The Morgan fingerprint density at radius 1 is 1.23 bits per heavy atom. The number of para-hydroxylation sites is 1. The van der Waals surface area contributed by atoms with Gasteiger partial charge in [-0.25, -0.2) is 4.98 Å². The average molecular weight is 356 g/mol. The SMILES string of the molecule is COc1ccccc1CNC(=O)c1ccc(OCC2CCOCC2)nc1. The van der Waals surface area contributed by atoms with Crippen molar-refractivity contribution in [1.82, 2.24) is 10.3 Å². The van der Waals surface area contributed by atoms with E-state index in [1.165, 1.54) is 6.20 Å². The number of rotatable bonds is 7. The van der Waals surface area contributed by atoms with Gasteiger partial charge in [-0.1, -0.05) is 18.2 Å². The summed E-state index contributed by atoms with van der Waals surface area (Å²) in [6.45, 7) is 2.63. The van der Waals surface area contributed by atoms with Gasteiger partial charge in [0.1, 0.15) is 5.75 Å². The molecule has 1 N–H and O–H groups in total. The van der Waals surface area contributed by atoms with Crippen molar-refractivity contribution in [3.63, 3.8) is 0 Å². The molecule has 0 atom stereocenters. The third kappa shape index (κ3) is 4.95. The first-order valence-corrected chi connectivity index (χ1v) is 8.83. The van der Waals surface area contributed by atoms with Gasteiger partial charge < -0.3 is 19.5 Å². The molecule has 2 heterocycles. The summed E-state index contributed by atoms with van der Waals surface area (Å²) < 4.78 is 16.4. The third-order valence-electron chi connectivity index (χ3n) is 4.44. The number of ether oxygens (including phenoxy) is 3. The molecule has 0 spiro atoms. The number of hydrogen-bond acceptors (Lipinski definition) is 5. The van der Waals surface area contributed by atoms with E-state index < -0.39 is 0 Å². The lowest BCUT2D eigenvalue weighted by Crippen LogP contribution is -2.23. The van der Waals surface area contributed by atoms with Crippen LogP contribution in [-0.2, 0) is 11.3 Å². The van der Waals surface area contributed by atoms with E-state index in [0.29, 0.717) is 30.5 Å². The second-order valence-electron chi connectivity index (χ2n) is 6.25. The highest BCUT2D eigenvalue weighted by Crippen LogP contribution is 2.18. The minimum atomic E-state index is -0.181. The van der Waals surface area contributed by atoms with Crippen LogP contribution in [0.5, 0.6) is 11.6 Å². The molecular formula is C20H24N2O4. The number of aromatic nitrogens is 1. The predicted molar refractivity (Wildman–Crippen MR) is 97.4 cm³/mol. The van der Waals surface area contributed by atoms with E-state index in [1.54, 1.807) is 19.2 Å². The monoisotopic (exact) mass is 356 g/mol. The van der Waals surface area contributed by atoms with Crippen LogP contribution < -0.4 is 14.8 Å². The van der Waals surface area contributed by atoms with Crippen LogP contribution in [0.4, 0.5) is 0 Å². The maximum atomic E-state index is 12.3. The second kappa shape index (κ2) is 9.20. The van der Waals surface area contributed by atoms with E-state index in [1.807, 2.05) is 24.3 Å². The van der Waals surface area contributed by atoms with Gasteiger partial charge in [-0.3, -0.25) is 4.79 Å². The summed E-state index contributed by atoms with van der Waals surface area (Å²) in [7, 11) is 1.61. The van der Waals surface area contributed by atoms with E-state index >= 15 is 0 Å². The fourth-order valence-electron chi connectivity index (χ4n) is 2.84. The Morgan fingerprint density at radius 2 is 2.04 bits per heavy atom. The first-order valence-electron chi connectivity index (χ1n) is 8.83. The molecule has 3 rings (SSSR count). The third-order valence-corrected chi connectivity index (χ3v) is 4.44. The van der Waals surface area contributed by atoms with Gasteiger partial charge in [-0.15, -0.1) is 0 Å². The van der Waals surface area contributed by atoms with E-state index in [0.717, 1.165) is 37.4 Å². The zero-order chi connectivity index (χ0) is 18.2. The van der Waals surface area contributed by atoms with Crippen LogP contribution in [0.1, 0.15) is 28.8 Å². The minimum absolute atomic E-state index is 0.181. The number of carbonyl (C=O) groups excluding carboxylic acids is 1. The van der Waals surface area contributed by atoms with Crippen molar-refractivity contribution in [2.24, 2.45) is 5.92 Å². The Labute approximate surface area is 153 Å². The lowest BCUT2D eigenvalue weighted by molar-refractivity contribution is 0.0490. The number of methoxy groups -OCH3 is 1. The molecule has 1 aliphatic rings. The summed E-state index contributed by atoms with van der Waals surface area (Å²) in [4.78, 5) is 16.5. The zero-order valence-corrected chi connectivity index (χ0v) is 14.9. The molecule has 1 aromatic carbocycles. The van der Waals surface area contributed by atoms with Gasteiger partial charge in [0.25, 0.3) is 5.91 Å². The summed E-state index contributed by atoms with van der Waals surface area (Å²) in [5.74, 6) is 1.62. The van der Waals surface area contributed by atoms with Crippen LogP contribution in [0.3, 0.4) is 0 Å². The number of pyridine rings is 1. The van der Waals surface area contributed by atoms with Gasteiger partial charge in [0.05, 0.1) is 19.3 Å². The number of amides is 1. The van der Waals surface area contributed by atoms with Crippen LogP contribution in [0.25, 0.3) is 0 Å². The van der Waals surface area contributed by atoms with E-state index in [-0.39, 0.29) is 5.91 Å². The van der Waals surface area contributed by atoms with Crippen molar-refractivity contribution >= 4 is 5.91 Å². The van der Waals surface area contributed by atoms with Crippen LogP contribution in [0.15, 0.2) is 42.6 Å². The molecule has 138 valence electrons. The Hall–Kier alpha value is -2.60. The summed E-state index contributed by atoms with van der Waals surface area (Å²) in [6, 6.07) is 11.1. The molecule has 26 heavy (non-hydrogen) atoms. The summed E-state index contributed by atoms with van der Waals surface area (Å²) >= 11 is 0. The summed E-state index contributed by atoms with van der Waals surface area (Å²) in [5.41, 5.74) is 1.42. The topological polar surface area (TPSA) is 69.7 Å². The van der Waals surface area contributed by atoms with Gasteiger partial charge in [-0.05, 0) is 30.9 Å². The Morgan fingerprint density at radius 3 is 2.77 bits per heavy atom. The van der Waals surface area contributed by atoms with Crippen molar-refractivity contribution in [1.29, 1.82) is 0 Å². The molecule has 1 aliphatic heterocycles. The van der Waals surface area contributed by atoms with E-state index in [9.17, 15) is 4.79 Å². The van der Waals surface area contributed by atoms with Gasteiger partial charge >= 0.3 is 0 Å². The summed E-state index contributed by atoms with van der Waals surface area (Å²) in [5, 5.41) is 2.88. The van der Waals surface area contributed by atoms with Crippen molar-refractivity contribution in [2.45, 2.75) is 19.4 Å². The normalized spacial score (nSPS) is 14.7. The van der Waals surface area contributed by atoms with Crippen LogP contribution >= 0.6 is 0 Å². The standard InChI is InChI=1S/C20H24N2O4/c1-24-18-5-3-2-4-16(18)12-22-20(23)17-6-7-19(21-13-17)26-14-15-8-10-25-11-9-15/h2-7,13,15H,8-12,14H2,1H3,(H,22,23). The molecule has 0 saturated carbocycles. The molecule has 0 unspecified atom stereocenters. The van der Waals surface area contributed by atoms with Gasteiger partial charge in [0.2, 0.25) is 5.88 Å². The Bertz CT molecular complexity index is 712. The first-order chi connectivity index (χ1) is 12.8. The van der Waals surface area contributed by atoms with Crippen molar-refractivity contribution in [2.75, 3.05) is 26.9 Å². The number of benzene rings is 1. The highest BCUT2D eigenvalue weighted by molar-refractivity contribution is 5.93. The number of nitrogens with zero attached hydrogens (tertiary/aromatic N) is 1. The molecule has 2 aromatic rings.